The zero-order valence-electron chi connectivity index (χ0n) is 10.8. The standard InChI is InChI=1S/C15H18N2O2/c1-2-8-17(9-10-18)11-14-12-19-15(16-14)13-6-4-3-5-7-13/h2-7,12,18H,1,8-11H2. The van der Waals surface area contributed by atoms with Gasteiger partial charge in [-0.2, -0.15) is 0 Å². The highest BCUT2D eigenvalue weighted by Crippen LogP contribution is 2.18. The molecule has 1 aromatic carbocycles. The molecule has 19 heavy (non-hydrogen) atoms. The van der Waals surface area contributed by atoms with E-state index in [1.54, 1.807) is 6.26 Å². The van der Waals surface area contributed by atoms with E-state index < -0.39 is 0 Å². The van der Waals surface area contributed by atoms with Crippen molar-refractivity contribution in [2.45, 2.75) is 6.54 Å². The number of hydrogen-bond donors (Lipinski definition) is 1. The van der Waals surface area contributed by atoms with Gasteiger partial charge in [-0.05, 0) is 12.1 Å². The molecule has 0 spiro atoms. The van der Waals surface area contributed by atoms with E-state index in [0.29, 0.717) is 25.5 Å². The zero-order valence-corrected chi connectivity index (χ0v) is 10.8. The van der Waals surface area contributed by atoms with Crippen LogP contribution in [0.1, 0.15) is 5.69 Å². The number of hydrogen-bond acceptors (Lipinski definition) is 4. The van der Waals surface area contributed by atoms with Gasteiger partial charge in [0.15, 0.2) is 0 Å². The highest BCUT2D eigenvalue weighted by molar-refractivity contribution is 5.52. The van der Waals surface area contributed by atoms with Crippen molar-refractivity contribution in [1.82, 2.24) is 9.88 Å². The summed E-state index contributed by atoms with van der Waals surface area (Å²) in [6, 6.07) is 9.79. The Kier molecular flexibility index (Phi) is 4.89. The predicted octanol–water partition coefficient (Wildman–Crippen LogP) is 2.32. The third-order valence-corrected chi connectivity index (χ3v) is 2.76. The molecule has 0 aliphatic carbocycles. The molecule has 100 valence electrons. The van der Waals surface area contributed by atoms with E-state index in [2.05, 4.69) is 16.5 Å². The van der Waals surface area contributed by atoms with Crippen molar-refractivity contribution in [2.75, 3.05) is 19.7 Å². The second-order valence-corrected chi connectivity index (χ2v) is 4.26. The molecule has 0 fully saturated rings. The number of nitrogens with zero attached hydrogens (tertiary/aromatic N) is 2. The van der Waals surface area contributed by atoms with Gasteiger partial charge in [0.2, 0.25) is 5.89 Å². The molecular formula is C15H18N2O2. The first-order chi connectivity index (χ1) is 9.33. The van der Waals surface area contributed by atoms with Crippen LogP contribution in [0.5, 0.6) is 0 Å². The van der Waals surface area contributed by atoms with E-state index >= 15 is 0 Å². The molecular weight excluding hydrogens is 240 g/mol. The monoisotopic (exact) mass is 258 g/mol. The molecule has 2 rings (SSSR count). The van der Waals surface area contributed by atoms with Crippen molar-refractivity contribution < 1.29 is 9.52 Å². The summed E-state index contributed by atoms with van der Waals surface area (Å²) in [5.74, 6) is 0.623. The van der Waals surface area contributed by atoms with Crippen LogP contribution in [0.4, 0.5) is 0 Å². The number of oxazole rings is 1. The number of aliphatic hydroxyl groups is 1. The molecule has 1 aromatic heterocycles. The van der Waals surface area contributed by atoms with Crippen LogP contribution in [-0.4, -0.2) is 34.7 Å². The van der Waals surface area contributed by atoms with E-state index in [1.807, 2.05) is 36.4 Å². The summed E-state index contributed by atoms with van der Waals surface area (Å²) in [5.41, 5.74) is 1.82. The molecule has 0 unspecified atom stereocenters. The Hall–Kier alpha value is -1.91. The summed E-state index contributed by atoms with van der Waals surface area (Å²) in [6.07, 6.45) is 3.48. The van der Waals surface area contributed by atoms with Gasteiger partial charge in [-0.15, -0.1) is 6.58 Å². The highest BCUT2D eigenvalue weighted by atomic mass is 16.3. The summed E-state index contributed by atoms with van der Waals surface area (Å²) < 4.78 is 5.48. The van der Waals surface area contributed by atoms with Gasteiger partial charge < -0.3 is 9.52 Å². The minimum Gasteiger partial charge on any atom is -0.444 e. The van der Waals surface area contributed by atoms with Gasteiger partial charge in [-0.3, -0.25) is 4.90 Å². The summed E-state index contributed by atoms with van der Waals surface area (Å²) in [7, 11) is 0. The summed E-state index contributed by atoms with van der Waals surface area (Å²) >= 11 is 0. The van der Waals surface area contributed by atoms with Gasteiger partial charge in [0.05, 0.1) is 12.3 Å². The van der Waals surface area contributed by atoms with Crippen LogP contribution >= 0.6 is 0 Å². The molecule has 0 saturated heterocycles. The molecule has 0 aliphatic rings. The molecule has 0 aliphatic heterocycles. The quantitative estimate of drug-likeness (QED) is 0.774. The second kappa shape index (κ2) is 6.87. The smallest absolute Gasteiger partial charge is 0.226 e. The highest BCUT2D eigenvalue weighted by Gasteiger charge is 2.09. The minimum absolute atomic E-state index is 0.122. The fourth-order valence-corrected chi connectivity index (χ4v) is 1.88. The maximum absolute atomic E-state index is 9.00. The van der Waals surface area contributed by atoms with Gasteiger partial charge in [0.25, 0.3) is 0 Å². The van der Waals surface area contributed by atoms with E-state index in [0.717, 1.165) is 11.3 Å². The number of aliphatic hydroxyl groups excluding tert-OH is 1. The second-order valence-electron chi connectivity index (χ2n) is 4.26. The fraction of sp³-hybridized carbons (Fsp3) is 0.267. The molecule has 0 amide bonds. The molecule has 0 atom stereocenters. The third-order valence-electron chi connectivity index (χ3n) is 2.76. The Labute approximate surface area is 113 Å². The third kappa shape index (κ3) is 3.77. The Morgan fingerprint density at radius 3 is 2.79 bits per heavy atom. The minimum atomic E-state index is 0.122. The van der Waals surface area contributed by atoms with Crippen LogP contribution in [0.25, 0.3) is 11.5 Å². The molecule has 4 nitrogen and oxygen atoms in total. The fourth-order valence-electron chi connectivity index (χ4n) is 1.88. The van der Waals surface area contributed by atoms with Gasteiger partial charge in [0.1, 0.15) is 6.26 Å². The van der Waals surface area contributed by atoms with Crippen molar-refractivity contribution in [2.24, 2.45) is 0 Å². The summed E-state index contributed by atoms with van der Waals surface area (Å²) in [6.45, 7) is 5.79. The van der Waals surface area contributed by atoms with Crippen LogP contribution in [0.2, 0.25) is 0 Å². The first-order valence-electron chi connectivity index (χ1n) is 6.27. The molecule has 1 heterocycles. The normalized spacial score (nSPS) is 10.8. The molecule has 0 saturated carbocycles. The lowest BCUT2D eigenvalue weighted by atomic mass is 10.2. The lowest BCUT2D eigenvalue weighted by Gasteiger charge is -2.17. The predicted molar refractivity (Wildman–Crippen MR) is 74.5 cm³/mol. The molecule has 4 heteroatoms. The lowest BCUT2D eigenvalue weighted by molar-refractivity contribution is 0.202. The van der Waals surface area contributed by atoms with Crippen molar-refractivity contribution in [3.05, 3.63) is 54.9 Å². The van der Waals surface area contributed by atoms with E-state index in [-0.39, 0.29) is 6.61 Å². The Morgan fingerprint density at radius 2 is 2.11 bits per heavy atom. The van der Waals surface area contributed by atoms with Crippen LogP contribution in [-0.2, 0) is 6.54 Å². The first-order valence-corrected chi connectivity index (χ1v) is 6.27. The SMILES string of the molecule is C=CCN(CCO)Cc1coc(-c2ccccc2)n1. The largest absolute Gasteiger partial charge is 0.444 e. The topological polar surface area (TPSA) is 49.5 Å². The van der Waals surface area contributed by atoms with Crippen molar-refractivity contribution in [3.8, 4) is 11.5 Å². The first kappa shape index (κ1) is 13.5. The zero-order chi connectivity index (χ0) is 13.5. The molecule has 1 N–H and O–H groups in total. The Morgan fingerprint density at radius 1 is 1.32 bits per heavy atom. The van der Waals surface area contributed by atoms with Crippen LogP contribution in [0.15, 0.2) is 53.7 Å². The van der Waals surface area contributed by atoms with E-state index in [1.165, 1.54) is 0 Å². The van der Waals surface area contributed by atoms with E-state index in [9.17, 15) is 0 Å². The average Bonchev–Trinajstić information content (AvgIpc) is 2.89. The molecule has 2 aromatic rings. The summed E-state index contributed by atoms with van der Waals surface area (Å²) in [4.78, 5) is 6.52. The maximum Gasteiger partial charge on any atom is 0.226 e. The lowest BCUT2D eigenvalue weighted by Crippen LogP contribution is -2.26. The van der Waals surface area contributed by atoms with Crippen molar-refractivity contribution >= 4 is 0 Å². The van der Waals surface area contributed by atoms with Gasteiger partial charge in [0, 0.05) is 25.2 Å². The van der Waals surface area contributed by atoms with Gasteiger partial charge in [-0.1, -0.05) is 24.3 Å². The average molecular weight is 258 g/mol. The van der Waals surface area contributed by atoms with Gasteiger partial charge >= 0.3 is 0 Å². The maximum atomic E-state index is 9.00. The summed E-state index contributed by atoms with van der Waals surface area (Å²) in [5, 5.41) is 9.00. The number of benzene rings is 1. The molecule has 0 radical (unpaired) electrons. The van der Waals surface area contributed by atoms with Gasteiger partial charge in [-0.25, -0.2) is 4.98 Å². The van der Waals surface area contributed by atoms with Crippen molar-refractivity contribution in [1.29, 1.82) is 0 Å². The van der Waals surface area contributed by atoms with E-state index in [4.69, 9.17) is 9.52 Å². The van der Waals surface area contributed by atoms with Crippen molar-refractivity contribution in [3.63, 3.8) is 0 Å². The van der Waals surface area contributed by atoms with Crippen LogP contribution in [0.3, 0.4) is 0 Å². The van der Waals surface area contributed by atoms with Crippen LogP contribution < -0.4 is 0 Å². The Balaban J connectivity index is 2.06. The number of rotatable bonds is 7. The Bertz CT molecular complexity index is 508. The van der Waals surface area contributed by atoms with Crippen LogP contribution in [0, 0.1) is 0 Å². The number of aromatic nitrogens is 1. The molecule has 0 bridgehead atoms.